The van der Waals surface area contributed by atoms with Crippen molar-refractivity contribution in [2.75, 3.05) is 0 Å². The van der Waals surface area contributed by atoms with Crippen molar-refractivity contribution in [1.29, 1.82) is 0 Å². The van der Waals surface area contributed by atoms with E-state index in [1.54, 1.807) is 28.9 Å². The Morgan fingerprint density at radius 3 is 2.36 bits per heavy atom. The van der Waals surface area contributed by atoms with Gasteiger partial charge in [-0.2, -0.15) is 0 Å². The van der Waals surface area contributed by atoms with Gasteiger partial charge in [-0.25, -0.2) is 4.68 Å². The number of Topliss-reactive ketones (excluding diaryl/α,β-unsaturated/α-hetero) is 1. The Morgan fingerprint density at radius 1 is 0.964 bits per heavy atom. The van der Waals surface area contributed by atoms with Gasteiger partial charge < -0.3 is 0 Å². The number of fused-ring (bicyclic) bond motifs is 1. The molecular formula is C21H16N4O3. The number of nitro benzene ring substituents is 1. The molecule has 0 aliphatic rings. The van der Waals surface area contributed by atoms with Crippen LogP contribution in [0.25, 0.3) is 11.0 Å². The number of non-ortho nitro benzene ring substituents is 1. The lowest BCUT2D eigenvalue weighted by atomic mass is 9.97. The Labute approximate surface area is 160 Å². The first kappa shape index (κ1) is 17.5. The van der Waals surface area contributed by atoms with Gasteiger partial charge in [-0.05, 0) is 17.7 Å². The molecule has 1 heterocycles. The van der Waals surface area contributed by atoms with E-state index in [2.05, 4.69) is 10.3 Å². The van der Waals surface area contributed by atoms with Gasteiger partial charge in [0.1, 0.15) is 5.52 Å². The molecule has 0 aliphatic heterocycles. The van der Waals surface area contributed by atoms with Crippen LogP contribution in [0.5, 0.6) is 0 Å². The van der Waals surface area contributed by atoms with Crippen molar-refractivity contribution in [2.24, 2.45) is 0 Å². The van der Waals surface area contributed by atoms with Gasteiger partial charge in [0.05, 0.1) is 16.5 Å². The number of carbonyl (C=O) groups excluding carboxylic acids is 1. The molecule has 1 atom stereocenters. The summed E-state index contributed by atoms with van der Waals surface area (Å²) >= 11 is 0. The summed E-state index contributed by atoms with van der Waals surface area (Å²) in [5, 5.41) is 19.4. The van der Waals surface area contributed by atoms with E-state index < -0.39 is 11.0 Å². The average Bonchev–Trinajstić information content (AvgIpc) is 3.16. The normalized spacial score (nSPS) is 12.0. The molecule has 0 saturated heterocycles. The zero-order valence-corrected chi connectivity index (χ0v) is 14.8. The second kappa shape index (κ2) is 7.40. The Kier molecular flexibility index (Phi) is 4.63. The summed E-state index contributed by atoms with van der Waals surface area (Å²) in [6.45, 7) is 0. The summed E-state index contributed by atoms with van der Waals surface area (Å²) < 4.78 is 1.71. The summed E-state index contributed by atoms with van der Waals surface area (Å²) in [6.07, 6.45) is 0.162. The van der Waals surface area contributed by atoms with E-state index in [1.807, 2.05) is 42.5 Å². The number of ketones is 1. The van der Waals surface area contributed by atoms with Crippen LogP contribution >= 0.6 is 0 Å². The highest BCUT2D eigenvalue weighted by Gasteiger charge is 2.23. The average molecular weight is 372 g/mol. The third kappa shape index (κ3) is 3.37. The molecule has 4 aromatic rings. The second-order valence-corrected chi connectivity index (χ2v) is 6.38. The molecule has 0 spiro atoms. The largest absolute Gasteiger partial charge is 0.294 e. The molecule has 0 radical (unpaired) electrons. The van der Waals surface area contributed by atoms with Crippen molar-refractivity contribution in [3.05, 3.63) is 100 Å². The number of nitro groups is 1. The molecule has 0 amide bonds. The number of benzene rings is 3. The Hall–Kier alpha value is -3.87. The summed E-state index contributed by atoms with van der Waals surface area (Å²) in [4.78, 5) is 23.4. The molecule has 0 bridgehead atoms. The maximum absolute atomic E-state index is 12.9. The quantitative estimate of drug-likeness (QED) is 0.287. The molecule has 138 valence electrons. The molecule has 28 heavy (non-hydrogen) atoms. The number of para-hydroxylation sites is 1. The third-order valence-electron chi connectivity index (χ3n) is 4.64. The molecule has 0 N–H and O–H groups in total. The zero-order valence-electron chi connectivity index (χ0n) is 14.8. The smallest absolute Gasteiger partial charge is 0.269 e. The van der Waals surface area contributed by atoms with Crippen molar-refractivity contribution in [2.45, 2.75) is 12.5 Å². The van der Waals surface area contributed by atoms with Gasteiger partial charge >= 0.3 is 0 Å². The fourth-order valence-electron chi connectivity index (χ4n) is 3.20. The molecule has 7 heteroatoms. The van der Waals surface area contributed by atoms with Gasteiger partial charge in [0.2, 0.25) is 0 Å². The van der Waals surface area contributed by atoms with Crippen molar-refractivity contribution < 1.29 is 9.72 Å². The first-order valence-corrected chi connectivity index (χ1v) is 8.76. The lowest BCUT2D eigenvalue weighted by Gasteiger charge is -2.18. The number of hydrogen-bond donors (Lipinski definition) is 0. The summed E-state index contributed by atoms with van der Waals surface area (Å²) in [7, 11) is 0. The maximum atomic E-state index is 12.9. The van der Waals surface area contributed by atoms with Crippen LogP contribution in [0.4, 0.5) is 5.69 Å². The van der Waals surface area contributed by atoms with Gasteiger partial charge in [0, 0.05) is 24.1 Å². The van der Waals surface area contributed by atoms with E-state index in [4.69, 9.17) is 0 Å². The number of aromatic nitrogens is 3. The van der Waals surface area contributed by atoms with Crippen LogP contribution in [0.2, 0.25) is 0 Å². The standard InChI is InChI=1S/C21H16N4O3/c26-21(16-6-2-1-3-7-16)14-20(15-10-12-17(13-11-15)25(27)28)24-19-9-5-4-8-18(19)22-23-24/h1-13,20H,14H2/t20-/m1/s1. The predicted octanol–water partition coefficient (Wildman–Crippen LogP) is 4.20. The van der Waals surface area contributed by atoms with Gasteiger partial charge in [-0.1, -0.05) is 59.8 Å². The number of hydrogen-bond acceptors (Lipinski definition) is 5. The minimum absolute atomic E-state index is 0.000310. The van der Waals surface area contributed by atoms with Crippen LogP contribution in [0.3, 0.4) is 0 Å². The first-order valence-electron chi connectivity index (χ1n) is 8.76. The Morgan fingerprint density at radius 2 is 1.64 bits per heavy atom. The fraction of sp³-hybridized carbons (Fsp3) is 0.0952. The highest BCUT2D eigenvalue weighted by atomic mass is 16.6. The third-order valence-corrected chi connectivity index (χ3v) is 4.64. The number of carbonyl (C=O) groups is 1. The lowest BCUT2D eigenvalue weighted by Crippen LogP contribution is -2.17. The van der Waals surface area contributed by atoms with E-state index >= 15 is 0 Å². The van der Waals surface area contributed by atoms with E-state index in [0.29, 0.717) is 5.56 Å². The van der Waals surface area contributed by atoms with E-state index in [-0.39, 0.29) is 17.9 Å². The van der Waals surface area contributed by atoms with Crippen LogP contribution < -0.4 is 0 Å². The molecule has 0 fully saturated rings. The van der Waals surface area contributed by atoms with Gasteiger partial charge in [-0.3, -0.25) is 14.9 Å². The van der Waals surface area contributed by atoms with Crippen LogP contribution in [-0.2, 0) is 0 Å². The van der Waals surface area contributed by atoms with Crippen molar-refractivity contribution in [1.82, 2.24) is 15.0 Å². The highest BCUT2D eigenvalue weighted by molar-refractivity contribution is 5.96. The molecule has 1 aromatic heterocycles. The predicted molar refractivity (Wildman–Crippen MR) is 104 cm³/mol. The summed E-state index contributed by atoms with van der Waals surface area (Å²) in [5.41, 5.74) is 2.89. The molecule has 7 nitrogen and oxygen atoms in total. The van der Waals surface area contributed by atoms with Gasteiger partial charge in [-0.15, -0.1) is 5.10 Å². The highest BCUT2D eigenvalue weighted by Crippen LogP contribution is 2.28. The number of rotatable bonds is 6. The summed E-state index contributed by atoms with van der Waals surface area (Å²) in [5.74, 6) is -0.0384. The van der Waals surface area contributed by atoms with Crippen molar-refractivity contribution >= 4 is 22.5 Å². The monoisotopic (exact) mass is 372 g/mol. The molecule has 0 unspecified atom stereocenters. The minimum Gasteiger partial charge on any atom is -0.294 e. The Balaban J connectivity index is 1.76. The minimum atomic E-state index is -0.446. The van der Waals surface area contributed by atoms with E-state index in [1.165, 1.54) is 12.1 Å². The molecule has 3 aromatic carbocycles. The van der Waals surface area contributed by atoms with Crippen LogP contribution in [0, 0.1) is 10.1 Å². The van der Waals surface area contributed by atoms with E-state index in [0.717, 1.165) is 16.6 Å². The summed E-state index contributed by atoms with van der Waals surface area (Å²) in [6, 6.07) is 22.3. The van der Waals surface area contributed by atoms with Crippen LogP contribution in [0.1, 0.15) is 28.4 Å². The zero-order chi connectivity index (χ0) is 19.5. The lowest BCUT2D eigenvalue weighted by molar-refractivity contribution is -0.384. The molecular weight excluding hydrogens is 356 g/mol. The molecule has 0 saturated carbocycles. The molecule has 0 aliphatic carbocycles. The Bertz CT molecular complexity index is 1140. The van der Waals surface area contributed by atoms with E-state index in [9.17, 15) is 14.9 Å². The fourth-order valence-corrected chi connectivity index (χ4v) is 3.20. The van der Waals surface area contributed by atoms with Gasteiger partial charge in [0.25, 0.3) is 5.69 Å². The topological polar surface area (TPSA) is 90.9 Å². The van der Waals surface area contributed by atoms with Crippen molar-refractivity contribution in [3.8, 4) is 0 Å². The maximum Gasteiger partial charge on any atom is 0.269 e. The van der Waals surface area contributed by atoms with Crippen LogP contribution in [-0.4, -0.2) is 25.7 Å². The van der Waals surface area contributed by atoms with Crippen LogP contribution in [0.15, 0.2) is 78.9 Å². The second-order valence-electron chi connectivity index (χ2n) is 6.38. The first-order chi connectivity index (χ1) is 13.6. The van der Waals surface area contributed by atoms with Crippen molar-refractivity contribution in [3.63, 3.8) is 0 Å². The number of nitrogens with zero attached hydrogens (tertiary/aromatic N) is 4. The van der Waals surface area contributed by atoms with Gasteiger partial charge in [0.15, 0.2) is 5.78 Å². The molecule has 4 rings (SSSR count). The SMILES string of the molecule is O=C(C[C@H](c1ccc([N+](=O)[O-])cc1)n1nnc2ccccc21)c1ccccc1.